The monoisotopic (exact) mass is 430 g/mol. The number of aromatic nitrogens is 3. The minimum atomic E-state index is -0.379. The van der Waals surface area contributed by atoms with Crippen LogP contribution in [0.5, 0.6) is 11.5 Å². The average molecular weight is 431 g/mol. The van der Waals surface area contributed by atoms with Crippen LogP contribution in [-0.4, -0.2) is 49.5 Å². The molecule has 1 aliphatic heterocycles. The van der Waals surface area contributed by atoms with Gasteiger partial charge >= 0.3 is 0 Å². The fraction of sp³-hybridized carbons (Fsp3) is 0.500. The standard InChI is InChI=1S/C22H30N4O3S/c1-7-12-25-20(19-13-28-17-10-8-9-11-18(17)29-19)23-24-22(25)30-16(6)21(27)26(14(2)3)15(4)5/h7-11,14-16,19H,1,12-13H2,2-6H3/t16-,19+/m1/s1. The van der Waals surface area contributed by atoms with Gasteiger partial charge in [0.2, 0.25) is 5.91 Å². The number of hydrogen-bond acceptors (Lipinski definition) is 6. The van der Waals surface area contributed by atoms with Crippen molar-refractivity contribution in [3.05, 3.63) is 42.7 Å². The fourth-order valence-electron chi connectivity index (χ4n) is 3.60. The van der Waals surface area contributed by atoms with Gasteiger partial charge in [-0.1, -0.05) is 30.0 Å². The summed E-state index contributed by atoms with van der Waals surface area (Å²) < 4.78 is 13.9. The first-order chi connectivity index (χ1) is 14.3. The highest BCUT2D eigenvalue weighted by Gasteiger charge is 2.31. The topological polar surface area (TPSA) is 69.5 Å². The van der Waals surface area contributed by atoms with Gasteiger partial charge in [0.05, 0.1) is 5.25 Å². The van der Waals surface area contributed by atoms with Crippen molar-refractivity contribution >= 4 is 17.7 Å². The third kappa shape index (κ3) is 4.64. The molecule has 2 aromatic rings. The Bertz CT molecular complexity index is 888. The van der Waals surface area contributed by atoms with Crippen molar-refractivity contribution in [1.29, 1.82) is 0 Å². The Hall–Kier alpha value is -2.48. The minimum Gasteiger partial charge on any atom is -0.485 e. The van der Waals surface area contributed by atoms with Gasteiger partial charge in [0.15, 0.2) is 28.6 Å². The Morgan fingerprint density at radius 3 is 2.53 bits per heavy atom. The highest BCUT2D eigenvalue weighted by Crippen LogP contribution is 2.36. The number of nitrogens with zero attached hydrogens (tertiary/aromatic N) is 4. The van der Waals surface area contributed by atoms with E-state index in [9.17, 15) is 4.79 Å². The molecular formula is C22H30N4O3S. The fourth-order valence-corrected chi connectivity index (χ4v) is 4.52. The summed E-state index contributed by atoms with van der Waals surface area (Å²) in [5, 5.41) is 9.11. The van der Waals surface area contributed by atoms with E-state index in [1.807, 2.05) is 68.4 Å². The summed E-state index contributed by atoms with van der Waals surface area (Å²) >= 11 is 1.41. The van der Waals surface area contributed by atoms with Crippen molar-refractivity contribution in [3.63, 3.8) is 0 Å². The predicted octanol–water partition coefficient (Wildman–Crippen LogP) is 4.10. The molecule has 7 nitrogen and oxygen atoms in total. The molecule has 1 amide bonds. The Morgan fingerprint density at radius 2 is 1.90 bits per heavy atom. The van der Waals surface area contributed by atoms with Crippen LogP contribution in [0.3, 0.4) is 0 Å². The first-order valence-electron chi connectivity index (χ1n) is 10.2. The summed E-state index contributed by atoms with van der Waals surface area (Å²) in [5.41, 5.74) is 0. The van der Waals surface area contributed by atoms with Crippen LogP contribution < -0.4 is 9.47 Å². The van der Waals surface area contributed by atoms with Gasteiger partial charge in [-0.3, -0.25) is 9.36 Å². The van der Waals surface area contributed by atoms with Gasteiger partial charge in [0.1, 0.15) is 6.61 Å². The summed E-state index contributed by atoms with van der Waals surface area (Å²) in [6.07, 6.45) is 1.41. The zero-order chi connectivity index (χ0) is 21.8. The first-order valence-corrected chi connectivity index (χ1v) is 11.1. The van der Waals surface area contributed by atoms with Gasteiger partial charge in [-0.05, 0) is 46.8 Å². The third-order valence-electron chi connectivity index (χ3n) is 4.85. The lowest BCUT2D eigenvalue weighted by molar-refractivity contribution is -0.133. The zero-order valence-electron chi connectivity index (χ0n) is 18.2. The Labute approximate surface area is 182 Å². The van der Waals surface area contributed by atoms with Crippen LogP contribution in [0.1, 0.15) is 46.5 Å². The van der Waals surface area contributed by atoms with E-state index in [1.165, 1.54) is 11.8 Å². The Kier molecular flexibility index (Phi) is 7.07. The molecule has 1 aromatic carbocycles. The molecular weight excluding hydrogens is 400 g/mol. The molecule has 2 heterocycles. The highest BCUT2D eigenvalue weighted by atomic mass is 32.2. The number of ether oxygens (including phenoxy) is 2. The van der Waals surface area contributed by atoms with Crippen LogP contribution in [0.25, 0.3) is 0 Å². The number of carbonyl (C=O) groups is 1. The molecule has 1 aliphatic rings. The molecule has 2 atom stereocenters. The van der Waals surface area contributed by atoms with Crippen molar-refractivity contribution in [2.24, 2.45) is 0 Å². The number of carbonyl (C=O) groups excluding carboxylic acids is 1. The number of thioether (sulfide) groups is 1. The first kappa shape index (κ1) is 22.2. The Morgan fingerprint density at radius 1 is 1.23 bits per heavy atom. The maximum absolute atomic E-state index is 13.0. The van der Waals surface area contributed by atoms with Crippen molar-refractivity contribution in [1.82, 2.24) is 19.7 Å². The van der Waals surface area contributed by atoms with Gasteiger partial charge < -0.3 is 14.4 Å². The molecule has 3 rings (SSSR count). The molecule has 1 aromatic heterocycles. The van der Waals surface area contributed by atoms with E-state index < -0.39 is 0 Å². The molecule has 162 valence electrons. The molecule has 0 fully saturated rings. The van der Waals surface area contributed by atoms with Gasteiger partial charge in [-0.15, -0.1) is 16.8 Å². The van der Waals surface area contributed by atoms with Crippen LogP contribution >= 0.6 is 11.8 Å². The lowest BCUT2D eigenvalue weighted by Crippen LogP contribution is -2.45. The van der Waals surface area contributed by atoms with Crippen molar-refractivity contribution in [3.8, 4) is 11.5 Å². The molecule has 0 radical (unpaired) electrons. The summed E-state index contributed by atoms with van der Waals surface area (Å²) in [6, 6.07) is 7.84. The van der Waals surface area contributed by atoms with Crippen LogP contribution in [0, 0.1) is 0 Å². The molecule has 0 bridgehead atoms. The second kappa shape index (κ2) is 9.55. The number of hydrogen-bond donors (Lipinski definition) is 0. The number of allylic oxidation sites excluding steroid dienone is 1. The molecule has 30 heavy (non-hydrogen) atoms. The maximum Gasteiger partial charge on any atom is 0.236 e. The van der Waals surface area contributed by atoms with E-state index in [2.05, 4.69) is 16.8 Å². The minimum absolute atomic E-state index is 0.0888. The smallest absolute Gasteiger partial charge is 0.236 e. The van der Waals surface area contributed by atoms with Crippen LogP contribution in [0.15, 0.2) is 42.1 Å². The van der Waals surface area contributed by atoms with Gasteiger partial charge in [0.25, 0.3) is 0 Å². The van der Waals surface area contributed by atoms with E-state index in [1.54, 1.807) is 6.08 Å². The van der Waals surface area contributed by atoms with Crippen molar-refractivity contribution in [2.45, 2.75) is 69.8 Å². The number of amides is 1. The zero-order valence-corrected chi connectivity index (χ0v) is 19.1. The SMILES string of the molecule is C=CCn1c(S[C@H](C)C(=O)N(C(C)C)C(C)C)nnc1[C@@H]1COc2ccccc2O1. The lowest BCUT2D eigenvalue weighted by atomic mass is 10.2. The van der Waals surface area contributed by atoms with Crippen LogP contribution in [-0.2, 0) is 11.3 Å². The van der Waals surface area contributed by atoms with Crippen molar-refractivity contribution < 1.29 is 14.3 Å². The molecule has 0 saturated heterocycles. The van der Waals surface area contributed by atoms with Gasteiger partial charge in [0, 0.05) is 18.6 Å². The van der Waals surface area contributed by atoms with E-state index in [0.29, 0.717) is 29.9 Å². The number of benzene rings is 1. The second-order valence-corrected chi connectivity index (χ2v) is 9.11. The number of para-hydroxylation sites is 2. The summed E-state index contributed by atoms with van der Waals surface area (Å²) in [6.45, 7) is 14.8. The number of fused-ring (bicyclic) bond motifs is 1. The molecule has 8 heteroatoms. The molecule has 0 unspecified atom stereocenters. The summed E-state index contributed by atoms with van der Waals surface area (Å²) in [4.78, 5) is 14.9. The average Bonchev–Trinajstić information content (AvgIpc) is 3.09. The van der Waals surface area contributed by atoms with E-state index in [-0.39, 0.29) is 29.3 Å². The van der Waals surface area contributed by atoms with Crippen molar-refractivity contribution in [2.75, 3.05) is 6.61 Å². The van der Waals surface area contributed by atoms with Gasteiger partial charge in [-0.25, -0.2) is 0 Å². The Balaban J connectivity index is 1.81. The van der Waals surface area contributed by atoms with Gasteiger partial charge in [-0.2, -0.15) is 0 Å². The third-order valence-corrected chi connectivity index (χ3v) is 5.92. The predicted molar refractivity (Wildman–Crippen MR) is 118 cm³/mol. The maximum atomic E-state index is 13.0. The normalized spacial score (nSPS) is 16.6. The molecule has 0 N–H and O–H groups in total. The lowest BCUT2D eigenvalue weighted by Gasteiger charge is -2.32. The number of rotatable bonds is 8. The highest BCUT2D eigenvalue weighted by molar-refractivity contribution is 8.00. The van der Waals surface area contributed by atoms with Crippen LogP contribution in [0.2, 0.25) is 0 Å². The van der Waals surface area contributed by atoms with E-state index >= 15 is 0 Å². The van der Waals surface area contributed by atoms with E-state index in [4.69, 9.17) is 9.47 Å². The van der Waals surface area contributed by atoms with E-state index in [0.717, 1.165) is 5.75 Å². The summed E-state index contributed by atoms with van der Waals surface area (Å²) in [7, 11) is 0. The second-order valence-electron chi connectivity index (χ2n) is 7.80. The van der Waals surface area contributed by atoms with Crippen LogP contribution in [0.4, 0.5) is 0 Å². The molecule has 0 spiro atoms. The summed E-state index contributed by atoms with van der Waals surface area (Å²) in [5.74, 6) is 2.16. The molecule has 0 aliphatic carbocycles. The molecule has 0 saturated carbocycles. The quantitative estimate of drug-likeness (QED) is 0.464. The largest absolute Gasteiger partial charge is 0.485 e.